The summed E-state index contributed by atoms with van der Waals surface area (Å²) in [6.45, 7) is 4.54. The molecule has 0 spiro atoms. The van der Waals surface area contributed by atoms with Gasteiger partial charge < -0.3 is 5.11 Å². The van der Waals surface area contributed by atoms with Gasteiger partial charge in [-0.3, -0.25) is 0 Å². The van der Waals surface area contributed by atoms with Crippen LogP contribution in [0.1, 0.15) is 58.8 Å². The zero-order valence-corrected chi connectivity index (χ0v) is 10.1. The summed E-state index contributed by atoms with van der Waals surface area (Å²) in [6.07, 6.45) is 10.6. The highest BCUT2D eigenvalue weighted by Crippen LogP contribution is 2.48. The molecule has 2 rings (SSSR count). The van der Waals surface area contributed by atoms with Gasteiger partial charge in [-0.25, -0.2) is 0 Å². The molecule has 0 atom stereocenters. The molecule has 1 heteroatoms. The van der Waals surface area contributed by atoms with Crippen molar-refractivity contribution < 1.29 is 5.11 Å². The predicted octanol–water partition coefficient (Wildman–Crippen LogP) is 3.67. The Labute approximate surface area is 93.6 Å². The molecule has 0 unspecified atom stereocenters. The molecule has 1 fully saturated rings. The highest BCUT2D eigenvalue weighted by Gasteiger charge is 2.45. The maximum Gasteiger partial charge on any atom is 0.0862 e. The van der Waals surface area contributed by atoms with Gasteiger partial charge in [-0.2, -0.15) is 0 Å². The van der Waals surface area contributed by atoms with Crippen LogP contribution < -0.4 is 0 Å². The third kappa shape index (κ3) is 2.28. The molecule has 15 heavy (non-hydrogen) atoms. The van der Waals surface area contributed by atoms with Gasteiger partial charge in [-0.05, 0) is 55.9 Å². The number of allylic oxidation sites excluding steroid dienone is 1. The van der Waals surface area contributed by atoms with Crippen molar-refractivity contribution in [3.8, 4) is 0 Å². The van der Waals surface area contributed by atoms with Crippen molar-refractivity contribution in [1.82, 2.24) is 0 Å². The number of aliphatic hydroxyl groups is 1. The van der Waals surface area contributed by atoms with E-state index < -0.39 is 5.60 Å². The smallest absolute Gasteiger partial charge is 0.0862 e. The van der Waals surface area contributed by atoms with Crippen LogP contribution in [0.25, 0.3) is 0 Å². The summed E-state index contributed by atoms with van der Waals surface area (Å²) in [5.41, 5.74) is 0.955. The molecule has 0 radical (unpaired) electrons. The second-order valence-corrected chi connectivity index (χ2v) is 5.77. The van der Waals surface area contributed by atoms with Crippen molar-refractivity contribution in [3.63, 3.8) is 0 Å². The van der Waals surface area contributed by atoms with E-state index in [4.69, 9.17) is 0 Å². The van der Waals surface area contributed by atoms with Crippen LogP contribution >= 0.6 is 0 Å². The molecule has 2 aliphatic carbocycles. The fourth-order valence-electron chi connectivity index (χ4n) is 2.98. The molecule has 0 aromatic heterocycles. The summed E-state index contributed by atoms with van der Waals surface area (Å²) < 4.78 is 0. The molecule has 1 N–H and O–H groups in total. The van der Waals surface area contributed by atoms with Gasteiger partial charge in [-0.15, -0.1) is 0 Å². The third-order valence-electron chi connectivity index (χ3n) is 4.28. The molecular weight excluding hydrogens is 184 g/mol. The Kier molecular flexibility index (Phi) is 3.20. The molecular formula is C14H24O. The van der Waals surface area contributed by atoms with E-state index in [-0.39, 0.29) is 0 Å². The van der Waals surface area contributed by atoms with Gasteiger partial charge in [0.1, 0.15) is 0 Å². The Hall–Kier alpha value is -0.300. The Morgan fingerprint density at radius 1 is 1.27 bits per heavy atom. The van der Waals surface area contributed by atoms with E-state index in [0.717, 1.165) is 31.1 Å². The molecule has 0 aromatic carbocycles. The molecule has 0 aliphatic heterocycles. The second kappa shape index (κ2) is 4.29. The van der Waals surface area contributed by atoms with Gasteiger partial charge in [-0.1, -0.05) is 26.3 Å². The van der Waals surface area contributed by atoms with Crippen molar-refractivity contribution in [2.75, 3.05) is 0 Å². The average molecular weight is 208 g/mol. The first-order valence-electron chi connectivity index (χ1n) is 6.54. The van der Waals surface area contributed by atoms with Crippen LogP contribution in [0.4, 0.5) is 0 Å². The minimum atomic E-state index is -0.403. The van der Waals surface area contributed by atoms with Gasteiger partial charge >= 0.3 is 0 Å². The van der Waals surface area contributed by atoms with Gasteiger partial charge in [0.15, 0.2) is 0 Å². The van der Waals surface area contributed by atoms with Crippen LogP contribution in [0.5, 0.6) is 0 Å². The lowest BCUT2D eigenvalue weighted by Gasteiger charge is -2.47. The van der Waals surface area contributed by atoms with Crippen molar-refractivity contribution in [1.29, 1.82) is 0 Å². The minimum Gasteiger partial charge on any atom is -0.385 e. The predicted molar refractivity (Wildman–Crippen MR) is 63.7 cm³/mol. The largest absolute Gasteiger partial charge is 0.385 e. The molecule has 1 nitrogen and oxygen atoms in total. The van der Waals surface area contributed by atoms with Gasteiger partial charge in [0.2, 0.25) is 0 Å². The Morgan fingerprint density at radius 2 is 2.00 bits per heavy atom. The summed E-state index contributed by atoms with van der Waals surface area (Å²) >= 11 is 0. The Bertz CT molecular complexity index is 246. The standard InChI is InChI=1S/C14H24O/c1-11(2)12-9-14(15,10-12)13-7-5-3-4-6-8-13/h7,11-12,15H,3-6,8-10H2,1-2H3. The van der Waals surface area contributed by atoms with E-state index in [0.29, 0.717) is 0 Å². The van der Waals surface area contributed by atoms with Crippen molar-refractivity contribution in [3.05, 3.63) is 11.6 Å². The highest BCUT2D eigenvalue weighted by molar-refractivity contribution is 5.22. The highest BCUT2D eigenvalue weighted by atomic mass is 16.3. The Morgan fingerprint density at radius 3 is 2.67 bits per heavy atom. The summed E-state index contributed by atoms with van der Waals surface area (Å²) in [5, 5.41) is 10.5. The zero-order valence-electron chi connectivity index (χ0n) is 10.1. The topological polar surface area (TPSA) is 20.2 Å². The Balaban J connectivity index is 1.96. The first-order chi connectivity index (χ1) is 7.12. The minimum absolute atomic E-state index is 0.403. The maximum absolute atomic E-state index is 10.5. The lowest BCUT2D eigenvalue weighted by molar-refractivity contribution is -0.0587. The van der Waals surface area contributed by atoms with E-state index in [2.05, 4.69) is 19.9 Å². The number of hydrogen-bond donors (Lipinski definition) is 1. The van der Waals surface area contributed by atoms with Crippen molar-refractivity contribution >= 4 is 0 Å². The van der Waals surface area contributed by atoms with Crippen LogP contribution in [-0.2, 0) is 0 Å². The monoisotopic (exact) mass is 208 g/mol. The van der Waals surface area contributed by atoms with Crippen LogP contribution in [0.3, 0.4) is 0 Å². The average Bonchev–Trinajstić information content (AvgIpc) is 2.40. The summed E-state index contributed by atoms with van der Waals surface area (Å²) in [4.78, 5) is 0. The fraction of sp³-hybridized carbons (Fsp3) is 0.857. The maximum atomic E-state index is 10.5. The molecule has 0 saturated heterocycles. The van der Waals surface area contributed by atoms with Crippen LogP contribution in [-0.4, -0.2) is 10.7 Å². The number of rotatable bonds is 2. The lowest BCUT2D eigenvalue weighted by Crippen LogP contribution is -2.47. The third-order valence-corrected chi connectivity index (χ3v) is 4.28. The summed E-state index contributed by atoms with van der Waals surface area (Å²) in [7, 11) is 0. The van der Waals surface area contributed by atoms with Crippen LogP contribution in [0.2, 0.25) is 0 Å². The molecule has 0 aromatic rings. The van der Waals surface area contributed by atoms with E-state index in [9.17, 15) is 5.11 Å². The molecule has 0 amide bonds. The molecule has 86 valence electrons. The van der Waals surface area contributed by atoms with E-state index in [1.807, 2.05) is 0 Å². The molecule has 0 bridgehead atoms. The normalized spacial score (nSPS) is 37.1. The molecule has 0 heterocycles. The van der Waals surface area contributed by atoms with Gasteiger partial charge in [0.05, 0.1) is 5.60 Å². The first kappa shape index (κ1) is 11.2. The quantitative estimate of drug-likeness (QED) is 0.686. The van der Waals surface area contributed by atoms with Crippen molar-refractivity contribution in [2.45, 2.75) is 64.4 Å². The fourth-order valence-corrected chi connectivity index (χ4v) is 2.98. The van der Waals surface area contributed by atoms with Gasteiger partial charge in [0.25, 0.3) is 0 Å². The van der Waals surface area contributed by atoms with E-state index >= 15 is 0 Å². The van der Waals surface area contributed by atoms with E-state index in [1.165, 1.54) is 31.3 Å². The van der Waals surface area contributed by atoms with Gasteiger partial charge in [0, 0.05) is 0 Å². The van der Waals surface area contributed by atoms with E-state index in [1.54, 1.807) is 0 Å². The second-order valence-electron chi connectivity index (χ2n) is 5.77. The SMILES string of the molecule is CC(C)C1CC(O)(C2=CCCCCC2)C1. The molecule has 1 saturated carbocycles. The number of hydrogen-bond acceptors (Lipinski definition) is 1. The van der Waals surface area contributed by atoms with Crippen LogP contribution in [0.15, 0.2) is 11.6 Å². The lowest BCUT2D eigenvalue weighted by atomic mass is 9.62. The van der Waals surface area contributed by atoms with Crippen LogP contribution in [0, 0.1) is 11.8 Å². The first-order valence-corrected chi connectivity index (χ1v) is 6.54. The van der Waals surface area contributed by atoms with Crippen molar-refractivity contribution in [2.24, 2.45) is 11.8 Å². The summed E-state index contributed by atoms with van der Waals surface area (Å²) in [6, 6.07) is 0. The summed E-state index contributed by atoms with van der Waals surface area (Å²) in [5.74, 6) is 1.48. The molecule has 2 aliphatic rings. The zero-order chi connectivity index (χ0) is 10.9.